The Morgan fingerprint density at radius 2 is 1.88 bits per heavy atom. The van der Waals surface area contributed by atoms with Gasteiger partial charge >= 0.3 is 0 Å². The van der Waals surface area contributed by atoms with Gasteiger partial charge in [0.15, 0.2) is 5.96 Å². The van der Waals surface area contributed by atoms with Gasteiger partial charge < -0.3 is 15.4 Å². The molecule has 6 nitrogen and oxygen atoms in total. The Labute approximate surface area is 151 Å². The minimum atomic E-state index is -0.666. The summed E-state index contributed by atoms with van der Waals surface area (Å²) in [5.74, 6) is 1.45. The van der Waals surface area contributed by atoms with Crippen molar-refractivity contribution in [2.45, 2.75) is 64.5 Å². The molecule has 0 aromatic rings. The van der Waals surface area contributed by atoms with E-state index < -0.39 is 5.54 Å². The number of hydrogen-bond acceptors (Lipinski definition) is 5. The Bertz CT molecular complexity index is 508. The zero-order chi connectivity index (χ0) is 18.0. The molecule has 1 unspecified atom stereocenters. The predicted molar refractivity (Wildman–Crippen MR) is 99.3 cm³/mol. The minimum Gasteiger partial charge on any atom is -0.381 e. The summed E-state index contributed by atoms with van der Waals surface area (Å²) < 4.78 is 5.47. The Hall–Kier alpha value is -1.14. The van der Waals surface area contributed by atoms with E-state index in [0.29, 0.717) is 23.8 Å². The van der Waals surface area contributed by atoms with Crippen LogP contribution in [0.4, 0.5) is 0 Å². The second kappa shape index (κ2) is 7.62. The average molecular weight is 351 g/mol. The number of rotatable bonds is 5. The lowest BCUT2D eigenvalue weighted by Gasteiger charge is -2.40. The summed E-state index contributed by atoms with van der Waals surface area (Å²) in [5.41, 5.74) is 5.45. The van der Waals surface area contributed by atoms with Gasteiger partial charge in [-0.05, 0) is 64.0 Å². The van der Waals surface area contributed by atoms with Crippen LogP contribution in [-0.4, -0.2) is 66.1 Å². The van der Waals surface area contributed by atoms with Gasteiger partial charge in [-0.2, -0.15) is 0 Å². The summed E-state index contributed by atoms with van der Waals surface area (Å²) in [6, 6.07) is 0.684. The molecule has 3 rings (SSSR count). The first-order valence-electron chi connectivity index (χ1n) is 9.88. The molecule has 0 radical (unpaired) electrons. The van der Waals surface area contributed by atoms with E-state index in [1.807, 2.05) is 6.92 Å². The first kappa shape index (κ1) is 18.6. The lowest BCUT2D eigenvalue weighted by Crippen LogP contribution is -2.49. The Morgan fingerprint density at radius 1 is 1.24 bits per heavy atom. The summed E-state index contributed by atoms with van der Waals surface area (Å²) in [7, 11) is 0. The van der Waals surface area contributed by atoms with Crippen molar-refractivity contribution in [3.63, 3.8) is 0 Å². The van der Waals surface area contributed by atoms with E-state index in [4.69, 9.17) is 10.5 Å². The maximum atomic E-state index is 12.9. The zero-order valence-electron chi connectivity index (χ0n) is 16.0. The highest BCUT2D eigenvalue weighted by Gasteiger charge is 2.44. The summed E-state index contributed by atoms with van der Waals surface area (Å²) in [6.45, 7) is 10.9. The monoisotopic (exact) mass is 350 g/mol. The van der Waals surface area contributed by atoms with Crippen molar-refractivity contribution in [1.82, 2.24) is 9.80 Å². The molecule has 3 aliphatic heterocycles. The lowest BCUT2D eigenvalue weighted by molar-refractivity contribution is -0.131. The zero-order valence-corrected chi connectivity index (χ0v) is 16.0. The van der Waals surface area contributed by atoms with Crippen molar-refractivity contribution in [2.75, 3.05) is 32.8 Å². The Kier molecular flexibility index (Phi) is 5.68. The molecular weight excluding hydrogens is 316 g/mol. The van der Waals surface area contributed by atoms with Crippen LogP contribution < -0.4 is 5.73 Å². The number of amides is 1. The van der Waals surface area contributed by atoms with Crippen molar-refractivity contribution >= 4 is 11.9 Å². The number of aliphatic imine (C=N–C) groups is 1. The summed E-state index contributed by atoms with van der Waals surface area (Å²) in [4.78, 5) is 21.8. The number of carbonyl (C=O) groups is 1. The number of carbonyl (C=O) groups excluding carboxylic acids is 1. The van der Waals surface area contributed by atoms with Crippen molar-refractivity contribution in [3.05, 3.63) is 0 Å². The van der Waals surface area contributed by atoms with E-state index in [9.17, 15) is 4.79 Å². The molecule has 0 bridgehead atoms. The Morgan fingerprint density at radius 3 is 2.48 bits per heavy atom. The summed E-state index contributed by atoms with van der Waals surface area (Å²) in [5, 5.41) is 0. The van der Waals surface area contributed by atoms with Gasteiger partial charge in [-0.25, -0.2) is 4.99 Å². The molecule has 3 aliphatic rings. The van der Waals surface area contributed by atoms with Gasteiger partial charge in [0.1, 0.15) is 5.54 Å². The van der Waals surface area contributed by atoms with Crippen LogP contribution in [0, 0.1) is 11.8 Å². The fraction of sp³-hybridized carbons (Fsp3) is 0.895. The predicted octanol–water partition coefficient (Wildman–Crippen LogP) is 1.84. The van der Waals surface area contributed by atoms with Crippen LogP contribution in [-0.2, 0) is 9.53 Å². The van der Waals surface area contributed by atoms with Crippen molar-refractivity contribution in [2.24, 2.45) is 22.6 Å². The highest BCUT2D eigenvalue weighted by Crippen LogP contribution is 2.31. The normalized spacial score (nSPS) is 30.3. The van der Waals surface area contributed by atoms with Gasteiger partial charge in [0.05, 0.1) is 0 Å². The molecule has 0 aromatic heterocycles. The van der Waals surface area contributed by atoms with Crippen LogP contribution in [0.15, 0.2) is 4.99 Å². The fourth-order valence-corrected chi connectivity index (χ4v) is 4.67. The molecule has 0 aromatic carbocycles. The van der Waals surface area contributed by atoms with Gasteiger partial charge in [0.2, 0.25) is 0 Å². The maximum Gasteiger partial charge on any atom is 0.257 e. The number of hydrogen-bond donors (Lipinski definition) is 1. The third kappa shape index (κ3) is 4.17. The van der Waals surface area contributed by atoms with Crippen molar-refractivity contribution in [3.8, 4) is 0 Å². The van der Waals surface area contributed by atoms with Crippen LogP contribution in [0.3, 0.4) is 0 Å². The van der Waals surface area contributed by atoms with E-state index in [0.717, 1.165) is 65.0 Å². The fourth-order valence-electron chi connectivity index (χ4n) is 4.67. The second-order valence-corrected chi connectivity index (χ2v) is 8.58. The van der Waals surface area contributed by atoms with Crippen molar-refractivity contribution < 1.29 is 9.53 Å². The molecule has 6 heteroatoms. The van der Waals surface area contributed by atoms with Crippen LogP contribution in [0.25, 0.3) is 0 Å². The van der Waals surface area contributed by atoms with Crippen LogP contribution in [0.1, 0.15) is 52.9 Å². The standard InChI is InChI=1S/C19H34N4O2/c1-14(2)12-19(3)17(24)23(18(20)21-19)13-15-4-8-22(9-5-15)16-6-10-25-11-7-16/h14-16H,4-13H2,1-3H3,(H2,20,21). The van der Waals surface area contributed by atoms with Gasteiger partial charge in [-0.15, -0.1) is 0 Å². The molecule has 2 saturated heterocycles. The molecule has 0 saturated carbocycles. The van der Waals surface area contributed by atoms with E-state index in [1.165, 1.54) is 0 Å². The number of nitrogens with two attached hydrogens (primary N) is 1. The average Bonchev–Trinajstić information content (AvgIpc) is 2.78. The topological polar surface area (TPSA) is 71.2 Å². The number of piperidine rings is 1. The van der Waals surface area contributed by atoms with E-state index >= 15 is 0 Å². The largest absolute Gasteiger partial charge is 0.381 e. The number of ether oxygens (including phenoxy) is 1. The van der Waals surface area contributed by atoms with Gasteiger partial charge in [-0.3, -0.25) is 9.69 Å². The molecule has 1 amide bonds. The molecular formula is C19H34N4O2. The lowest BCUT2D eigenvalue weighted by atomic mass is 9.90. The molecule has 2 N–H and O–H groups in total. The third-order valence-electron chi connectivity index (χ3n) is 5.95. The van der Waals surface area contributed by atoms with E-state index in [2.05, 4.69) is 23.7 Å². The first-order chi connectivity index (χ1) is 11.9. The second-order valence-electron chi connectivity index (χ2n) is 8.58. The highest BCUT2D eigenvalue weighted by molar-refractivity contribution is 6.06. The molecule has 142 valence electrons. The molecule has 1 atom stereocenters. The molecule has 25 heavy (non-hydrogen) atoms. The van der Waals surface area contributed by atoms with Gasteiger partial charge in [0, 0.05) is 25.8 Å². The van der Waals surface area contributed by atoms with Crippen LogP contribution >= 0.6 is 0 Å². The quantitative estimate of drug-likeness (QED) is 0.821. The maximum absolute atomic E-state index is 12.9. The van der Waals surface area contributed by atoms with Crippen LogP contribution in [0.5, 0.6) is 0 Å². The van der Waals surface area contributed by atoms with Gasteiger partial charge in [-0.1, -0.05) is 13.8 Å². The minimum absolute atomic E-state index is 0.0885. The third-order valence-corrected chi connectivity index (χ3v) is 5.95. The molecule has 3 heterocycles. The smallest absolute Gasteiger partial charge is 0.257 e. The number of nitrogens with zero attached hydrogens (tertiary/aromatic N) is 3. The molecule has 0 spiro atoms. The Balaban J connectivity index is 1.52. The summed E-state index contributed by atoms with van der Waals surface area (Å²) in [6.07, 6.45) is 5.33. The van der Waals surface area contributed by atoms with E-state index in [1.54, 1.807) is 4.90 Å². The van der Waals surface area contributed by atoms with Crippen LogP contribution in [0.2, 0.25) is 0 Å². The van der Waals surface area contributed by atoms with Gasteiger partial charge in [0.25, 0.3) is 5.91 Å². The number of guanidine groups is 1. The SMILES string of the molecule is CC(C)CC1(C)N=C(N)N(CC2CCN(C3CCOCC3)CC2)C1=O. The highest BCUT2D eigenvalue weighted by atomic mass is 16.5. The molecule has 2 fully saturated rings. The van der Waals surface area contributed by atoms with E-state index in [-0.39, 0.29) is 5.91 Å². The van der Waals surface area contributed by atoms with Crippen molar-refractivity contribution in [1.29, 1.82) is 0 Å². The first-order valence-corrected chi connectivity index (χ1v) is 9.88. The number of likely N-dealkylation sites (tertiary alicyclic amines) is 1. The molecule has 0 aliphatic carbocycles. The summed E-state index contributed by atoms with van der Waals surface area (Å²) >= 11 is 0.